The van der Waals surface area contributed by atoms with E-state index < -0.39 is 47.1 Å². The number of nitrogens with zero attached hydrogens (tertiary/aromatic N) is 6. The number of fused-ring (bicyclic) bond motifs is 1. The lowest BCUT2D eigenvalue weighted by atomic mass is 9.45. The van der Waals surface area contributed by atoms with Gasteiger partial charge in [-0.2, -0.15) is 0 Å². The highest BCUT2D eigenvalue weighted by molar-refractivity contribution is 6.51. The van der Waals surface area contributed by atoms with Crippen LogP contribution >= 0.6 is 0 Å². The first kappa shape index (κ1) is 23.5. The summed E-state index contributed by atoms with van der Waals surface area (Å²) in [6.07, 6.45) is 4.92. The standard InChI is InChI=1S/C24H29BN6O4/c1-16-18-12-13-19(31-21(33)29(20(32)30(18)31)17-10-7-6-8-11-17)24(16,14-9-15-27-28-26)25-34-22(2,3)23(4,5)35-25/h6-8,10-13,18-19H,1,9,14-15H2,2-5H3. The second-order valence-corrected chi connectivity index (χ2v) is 10.4. The van der Waals surface area contributed by atoms with Gasteiger partial charge in [0.2, 0.25) is 0 Å². The van der Waals surface area contributed by atoms with Gasteiger partial charge in [0, 0.05) is 11.5 Å². The van der Waals surface area contributed by atoms with Crippen LogP contribution in [0.25, 0.3) is 16.1 Å². The van der Waals surface area contributed by atoms with E-state index in [0.717, 1.165) is 5.57 Å². The Morgan fingerprint density at radius 1 is 1.06 bits per heavy atom. The molecule has 35 heavy (non-hydrogen) atoms. The summed E-state index contributed by atoms with van der Waals surface area (Å²) in [4.78, 5) is 30.2. The molecule has 1 fully saturated rings. The van der Waals surface area contributed by atoms with Crippen molar-refractivity contribution in [2.75, 3.05) is 6.54 Å². The number of hydrogen-bond acceptors (Lipinski definition) is 5. The number of benzene rings is 1. The molecule has 0 radical (unpaired) electrons. The van der Waals surface area contributed by atoms with Crippen molar-refractivity contribution >= 4 is 7.12 Å². The zero-order valence-corrected chi connectivity index (χ0v) is 20.4. The third-order valence-corrected chi connectivity index (χ3v) is 8.09. The van der Waals surface area contributed by atoms with Gasteiger partial charge in [0.25, 0.3) is 0 Å². The maximum atomic E-state index is 13.8. The predicted octanol–water partition coefficient (Wildman–Crippen LogP) is 3.95. The topological polar surface area (TPSA) is 116 Å². The van der Waals surface area contributed by atoms with Crippen molar-refractivity contribution in [3.63, 3.8) is 0 Å². The van der Waals surface area contributed by atoms with Gasteiger partial charge in [-0.05, 0) is 63.8 Å². The molecule has 1 saturated heterocycles. The zero-order valence-electron chi connectivity index (χ0n) is 20.4. The van der Waals surface area contributed by atoms with E-state index in [2.05, 4.69) is 16.6 Å². The molecule has 4 heterocycles. The quantitative estimate of drug-likeness (QED) is 0.157. The fourth-order valence-corrected chi connectivity index (χ4v) is 5.52. The summed E-state index contributed by atoms with van der Waals surface area (Å²) in [6.45, 7) is 12.7. The first-order chi connectivity index (χ1) is 16.6. The van der Waals surface area contributed by atoms with E-state index in [-0.39, 0.29) is 0 Å². The predicted molar refractivity (Wildman–Crippen MR) is 133 cm³/mol. The smallest absolute Gasteiger partial charge is 0.403 e. The van der Waals surface area contributed by atoms with Crippen molar-refractivity contribution in [1.82, 2.24) is 13.9 Å². The van der Waals surface area contributed by atoms with Crippen LogP contribution in [0.15, 0.2) is 69.3 Å². The zero-order chi connectivity index (χ0) is 25.2. The lowest BCUT2D eigenvalue weighted by Crippen LogP contribution is -2.54. The molecule has 2 bridgehead atoms. The normalized spacial score (nSPS) is 27.7. The van der Waals surface area contributed by atoms with Gasteiger partial charge in [0.05, 0.1) is 34.3 Å². The van der Waals surface area contributed by atoms with Gasteiger partial charge in [-0.15, -0.1) is 0 Å². The molecule has 1 aromatic heterocycles. The van der Waals surface area contributed by atoms with Crippen LogP contribution < -0.4 is 11.4 Å². The van der Waals surface area contributed by atoms with Crippen molar-refractivity contribution in [2.24, 2.45) is 5.11 Å². The third-order valence-electron chi connectivity index (χ3n) is 8.09. The van der Waals surface area contributed by atoms with Gasteiger partial charge in [0.1, 0.15) is 0 Å². The fraction of sp³-hybridized carbons (Fsp3) is 0.500. The Hall–Kier alpha value is -3.27. The lowest BCUT2D eigenvalue weighted by molar-refractivity contribution is 0.00578. The van der Waals surface area contributed by atoms with Crippen molar-refractivity contribution in [2.45, 2.75) is 69.1 Å². The number of rotatable bonds is 6. The van der Waals surface area contributed by atoms with Gasteiger partial charge < -0.3 is 9.31 Å². The molecule has 0 saturated carbocycles. The number of para-hydroxylation sites is 1. The molecule has 1 aromatic carbocycles. The molecule has 3 unspecified atom stereocenters. The van der Waals surface area contributed by atoms with E-state index in [4.69, 9.17) is 14.8 Å². The monoisotopic (exact) mass is 476 g/mol. The first-order valence-electron chi connectivity index (χ1n) is 11.8. The molecule has 4 aliphatic rings. The van der Waals surface area contributed by atoms with E-state index >= 15 is 0 Å². The molecule has 0 amide bonds. The van der Waals surface area contributed by atoms with Gasteiger partial charge in [-0.3, -0.25) is 0 Å². The molecule has 0 spiro atoms. The number of aromatic nitrogens is 3. The molecule has 10 nitrogen and oxygen atoms in total. The average molecular weight is 476 g/mol. The largest absolute Gasteiger partial charge is 0.471 e. The Morgan fingerprint density at radius 3 is 2.31 bits per heavy atom. The Labute approximate surface area is 203 Å². The molecule has 182 valence electrons. The summed E-state index contributed by atoms with van der Waals surface area (Å²) in [7, 11) is -0.709. The van der Waals surface area contributed by atoms with Crippen LogP contribution in [0.3, 0.4) is 0 Å². The van der Waals surface area contributed by atoms with Crippen LogP contribution in [0.1, 0.15) is 52.6 Å². The van der Waals surface area contributed by atoms with Gasteiger partial charge in [0.15, 0.2) is 0 Å². The SMILES string of the molecule is C=C1C2C=CC(n3c(=O)n(-c4ccccc4)c(=O)n32)C1(CCCN=[N+]=[N-])B1OC(C)(C)C(C)(C)O1. The second kappa shape index (κ2) is 7.88. The minimum atomic E-state index is -0.839. The molecule has 1 aliphatic carbocycles. The Balaban J connectivity index is 1.70. The second-order valence-electron chi connectivity index (χ2n) is 10.4. The first-order valence-corrected chi connectivity index (χ1v) is 11.8. The molecular formula is C24H29BN6O4. The molecular weight excluding hydrogens is 447 g/mol. The molecule has 3 aliphatic heterocycles. The molecule has 11 heteroatoms. The number of allylic oxidation sites excluding steroid dienone is 3. The summed E-state index contributed by atoms with van der Waals surface area (Å²) < 4.78 is 17.3. The average Bonchev–Trinajstić information content (AvgIpc) is 3.22. The van der Waals surface area contributed by atoms with E-state index in [9.17, 15) is 9.59 Å². The minimum absolute atomic E-state index is 0.291. The van der Waals surface area contributed by atoms with E-state index in [1.165, 1.54) is 13.9 Å². The maximum absolute atomic E-state index is 13.8. The number of hydrogen-bond donors (Lipinski definition) is 0. The van der Waals surface area contributed by atoms with E-state index in [1.54, 1.807) is 24.3 Å². The highest BCUT2D eigenvalue weighted by Gasteiger charge is 2.66. The van der Waals surface area contributed by atoms with Gasteiger partial charge in [-0.1, -0.05) is 42.0 Å². The van der Waals surface area contributed by atoms with Crippen LogP contribution in [0, 0.1) is 0 Å². The van der Waals surface area contributed by atoms with E-state index in [0.29, 0.717) is 25.1 Å². The van der Waals surface area contributed by atoms with Crippen LogP contribution in [0.5, 0.6) is 0 Å². The molecule has 6 rings (SSSR count). The fourth-order valence-electron chi connectivity index (χ4n) is 5.52. The van der Waals surface area contributed by atoms with Gasteiger partial charge >= 0.3 is 18.5 Å². The highest BCUT2D eigenvalue weighted by Crippen LogP contribution is 2.63. The Morgan fingerprint density at radius 2 is 1.69 bits per heavy atom. The van der Waals surface area contributed by atoms with Gasteiger partial charge in [-0.25, -0.2) is 23.5 Å². The minimum Gasteiger partial charge on any atom is -0.403 e. The Kier molecular flexibility index (Phi) is 5.28. The molecule has 3 atom stereocenters. The molecule has 0 N–H and O–H groups in total. The summed E-state index contributed by atoms with van der Waals surface area (Å²) in [5, 5.41) is 2.86. The van der Waals surface area contributed by atoms with Crippen LogP contribution in [0.4, 0.5) is 0 Å². The third kappa shape index (κ3) is 3.15. The Bertz CT molecular complexity index is 1360. The summed E-state index contributed by atoms with van der Waals surface area (Å²) in [5.74, 6) is 0. The molecule has 2 aromatic rings. The number of azide groups is 1. The van der Waals surface area contributed by atoms with Crippen molar-refractivity contribution in [1.29, 1.82) is 0 Å². The van der Waals surface area contributed by atoms with Crippen LogP contribution in [0.2, 0.25) is 5.31 Å². The summed E-state index contributed by atoms with van der Waals surface area (Å²) in [5.41, 5.74) is 7.98. The maximum Gasteiger partial charge on any atom is 0.471 e. The van der Waals surface area contributed by atoms with Crippen molar-refractivity contribution < 1.29 is 9.31 Å². The van der Waals surface area contributed by atoms with Crippen LogP contribution in [-0.4, -0.2) is 38.8 Å². The highest BCUT2D eigenvalue weighted by atomic mass is 16.7. The van der Waals surface area contributed by atoms with Crippen molar-refractivity contribution in [3.8, 4) is 5.69 Å². The van der Waals surface area contributed by atoms with Crippen LogP contribution in [-0.2, 0) is 9.31 Å². The van der Waals surface area contributed by atoms with E-state index in [1.807, 2.05) is 45.9 Å². The summed E-state index contributed by atoms with van der Waals surface area (Å²) >= 11 is 0. The summed E-state index contributed by atoms with van der Waals surface area (Å²) in [6, 6.07) is 7.79. The van der Waals surface area contributed by atoms with Crippen molar-refractivity contribution in [3.05, 3.63) is 86.0 Å². The lowest BCUT2D eigenvalue weighted by Gasteiger charge is -2.51.